The number of hydrogen-bond donors (Lipinski definition) is 0. The van der Waals surface area contributed by atoms with Crippen molar-refractivity contribution < 1.29 is 19.1 Å². The molecule has 0 amide bonds. The van der Waals surface area contributed by atoms with Crippen LogP contribution in [0.5, 0.6) is 0 Å². The first-order valence-electron chi connectivity index (χ1n) is 7.80. The third-order valence-corrected chi connectivity index (χ3v) is 3.35. The van der Waals surface area contributed by atoms with Gasteiger partial charge in [0.2, 0.25) is 0 Å². The lowest BCUT2D eigenvalue weighted by molar-refractivity contribution is -0.153. The number of hydrogen-bond acceptors (Lipinski definition) is 4. The molecule has 21 heavy (non-hydrogen) atoms. The van der Waals surface area contributed by atoms with Crippen LogP contribution in [0.3, 0.4) is 0 Å². The van der Waals surface area contributed by atoms with Gasteiger partial charge in [-0.1, -0.05) is 39.3 Å². The summed E-state index contributed by atoms with van der Waals surface area (Å²) in [5.74, 6) is -0.350. The summed E-state index contributed by atoms with van der Waals surface area (Å²) in [5.41, 5.74) is 1.05. The number of ether oxygens (including phenoxy) is 2. The molecule has 0 aromatic rings. The molecule has 0 bridgehead atoms. The zero-order valence-corrected chi connectivity index (χ0v) is 13.8. The highest BCUT2D eigenvalue weighted by Gasteiger charge is 2.32. The van der Waals surface area contributed by atoms with Gasteiger partial charge in [0.1, 0.15) is 0 Å². The van der Waals surface area contributed by atoms with Crippen LogP contribution in [-0.2, 0) is 19.1 Å². The summed E-state index contributed by atoms with van der Waals surface area (Å²) < 4.78 is 10.6. The van der Waals surface area contributed by atoms with Crippen molar-refractivity contribution in [3.05, 3.63) is 11.6 Å². The normalized spacial score (nSPS) is 22.1. The predicted molar refractivity (Wildman–Crippen MR) is 81.6 cm³/mol. The summed E-state index contributed by atoms with van der Waals surface area (Å²) in [6.07, 6.45) is 3.09. The van der Waals surface area contributed by atoms with E-state index in [1.54, 1.807) is 0 Å². The maximum Gasteiger partial charge on any atom is 0.312 e. The van der Waals surface area contributed by atoms with Crippen LogP contribution < -0.4 is 0 Å². The van der Waals surface area contributed by atoms with E-state index in [0.717, 1.165) is 5.57 Å². The van der Waals surface area contributed by atoms with Gasteiger partial charge in [-0.25, -0.2) is 0 Å². The van der Waals surface area contributed by atoms with E-state index in [-0.39, 0.29) is 23.8 Å². The highest BCUT2D eigenvalue weighted by molar-refractivity contribution is 5.78. The minimum atomic E-state index is -0.325. The Balaban J connectivity index is 2.58. The minimum absolute atomic E-state index is 0.196. The summed E-state index contributed by atoms with van der Waals surface area (Å²) in [4.78, 5) is 24.1. The standard InChI is InChI=1S/C17H28O4/c1-11(2)9-20-16(18)14-6-13(5)7-15(8-14)17(19)21-10-12(3)4/h6,11-12,14-15H,7-10H2,1-5H3. The molecule has 1 rings (SSSR count). The Kier molecular flexibility index (Phi) is 6.93. The van der Waals surface area contributed by atoms with Crippen LogP contribution in [0.4, 0.5) is 0 Å². The first-order valence-corrected chi connectivity index (χ1v) is 7.80. The van der Waals surface area contributed by atoms with Crippen molar-refractivity contribution in [2.45, 2.75) is 47.5 Å². The maximum atomic E-state index is 12.1. The summed E-state index contributed by atoms with van der Waals surface area (Å²) in [5, 5.41) is 0. The fourth-order valence-corrected chi connectivity index (χ4v) is 2.32. The number of esters is 2. The van der Waals surface area contributed by atoms with E-state index in [0.29, 0.717) is 37.9 Å². The average Bonchev–Trinajstić information content (AvgIpc) is 2.41. The van der Waals surface area contributed by atoms with Gasteiger partial charge in [0.15, 0.2) is 0 Å². The quantitative estimate of drug-likeness (QED) is 0.557. The van der Waals surface area contributed by atoms with Gasteiger partial charge < -0.3 is 9.47 Å². The van der Waals surface area contributed by atoms with E-state index in [1.165, 1.54) is 0 Å². The van der Waals surface area contributed by atoms with Gasteiger partial charge in [-0.05, 0) is 31.6 Å². The van der Waals surface area contributed by atoms with E-state index in [2.05, 4.69) is 0 Å². The second-order valence-corrected chi connectivity index (χ2v) is 6.80. The van der Waals surface area contributed by atoms with Gasteiger partial charge in [0.05, 0.1) is 25.0 Å². The lowest BCUT2D eigenvalue weighted by Gasteiger charge is -2.25. The molecule has 0 aromatic carbocycles. The largest absolute Gasteiger partial charge is 0.465 e. The van der Waals surface area contributed by atoms with Crippen molar-refractivity contribution in [3.63, 3.8) is 0 Å². The molecule has 1 aliphatic rings. The molecule has 2 unspecified atom stereocenters. The first-order chi connectivity index (χ1) is 9.79. The van der Waals surface area contributed by atoms with Crippen LogP contribution in [0.2, 0.25) is 0 Å². The molecule has 4 nitrogen and oxygen atoms in total. The summed E-state index contributed by atoms with van der Waals surface area (Å²) in [6.45, 7) is 10.8. The molecule has 0 fully saturated rings. The minimum Gasteiger partial charge on any atom is -0.465 e. The Bertz CT molecular complexity index is 396. The first kappa shape index (κ1) is 17.7. The predicted octanol–water partition coefficient (Wildman–Crippen LogP) is 3.36. The van der Waals surface area contributed by atoms with E-state index < -0.39 is 0 Å². The molecule has 0 radical (unpaired) electrons. The topological polar surface area (TPSA) is 52.6 Å². The highest BCUT2D eigenvalue weighted by atomic mass is 16.5. The van der Waals surface area contributed by atoms with Crippen molar-refractivity contribution in [1.82, 2.24) is 0 Å². The van der Waals surface area contributed by atoms with E-state index in [1.807, 2.05) is 40.7 Å². The second kappa shape index (κ2) is 8.20. The molecule has 120 valence electrons. The van der Waals surface area contributed by atoms with E-state index in [9.17, 15) is 9.59 Å². The van der Waals surface area contributed by atoms with Crippen LogP contribution in [0.15, 0.2) is 11.6 Å². The highest BCUT2D eigenvalue weighted by Crippen LogP contribution is 2.30. The summed E-state index contributed by atoms with van der Waals surface area (Å²) >= 11 is 0. The fraction of sp³-hybridized carbons (Fsp3) is 0.765. The molecule has 0 spiro atoms. The second-order valence-electron chi connectivity index (χ2n) is 6.80. The Morgan fingerprint density at radius 1 is 1.10 bits per heavy atom. The molecular weight excluding hydrogens is 268 g/mol. The Hall–Kier alpha value is -1.32. The van der Waals surface area contributed by atoms with Crippen LogP contribution in [0.25, 0.3) is 0 Å². The smallest absolute Gasteiger partial charge is 0.312 e. The SMILES string of the molecule is CC1=CC(C(=O)OCC(C)C)CC(C(=O)OCC(C)C)C1. The third-order valence-electron chi connectivity index (χ3n) is 3.35. The summed E-state index contributed by atoms with van der Waals surface area (Å²) in [7, 11) is 0. The Morgan fingerprint density at radius 3 is 2.14 bits per heavy atom. The molecular formula is C17H28O4. The van der Waals surface area contributed by atoms with Crippen molar-refractivity contribution in [2.75, 3.05) is 13.2 Å². The molecule has 0 aromatic heterocycles. The maximum absolute atomic E-state index is 12.1. The van der Waals surface area contributed by atoms with E-state index in [4.69, 9.17) is 9.47 Å². The monoisotopic (exact) mass is 296 g/mol. The van der Waals surface area contributed by atoms with Gasteiger partial charge >= 0.3 is 11.9 Å². The zero-order chi connectivity index (χ0) is 16.0. The summed E-state index contributed by atoms with van der Waals surface area (Å²) in [6, 6.07) is 0. The van der Waals surface area contributed by atoms with Crippen LogP contribution in [0.1, 0.15) is 47.5 Å². The lowest BCUT2D eigenvalue weighted by Crippen LogP contribution is -2.29. The molecule has 0 aliphatic heterocycles. The van der Waals surface area contributed by atoms with Gasteiger partial charge in [0.25, 0.3) is 0 Å². The van der Waals surface area contributed by atoms with Gasteiger partial charge in [-0.15, -0.1) is 0 Å². The van der Waals surface area contributed by atoms with Crippen LogP contribution in [-0.4, -0.2) is 25.2 Å². The molecule has 0 heterocycles. The lowest BCUT2D eigenvalue weighted by atomic mass is 9.83. The Labute approximate surface area is 127 Å². The van der Waals surface area contributed by atoms with Gasteiger partial charge in [0, 0.05) is 0 Å². The molecule has 0 saturated heterocycles. The Morgan fingerprint density at radius 2 is 1.62 bits per heavy atom. The fourth-order valence-electron chi connectivity index (χ4n) is 2.32. The number of allylic oxidation sites excluding steroid dienone is 1. The molecule has 2 atom stereocenters. The number of carbonyl (C=O) groups is 2. The average molecular weight is 296 g/mol. The molecule has 0 N–H and O–H groups in total. The van der Waals surface area contributed by atoms with Gasteiger partial charge in [-0.3, -0.25) is 9.59 Å². The third kappa shape index (κ3) is 6.32. The molecule has 1 aliphatic carbocycles. The van der Waals surface area contributed by atoms with Crippen molar-refractivity contribution in [2.24, 2.45) is 23.7 Å². The molecule has 0 saturated carbocycles. The van der Waals surface area contributed by atoms with E-state index >= 15 is 0 Å². The van der Waals surface area contributed by atoms with Crippen molar-refractivity contribution in [1.29, 1.82) is 0 Å². The van der Waals surface area contributed by atoms with Crippen molar-refractivity contribution in [3.8, 4) is 0 Å². The zero-order valence-electron chi connectivity index (χ0n) is 13.8. The van der Waals surface area contributed by atoms with Crippen LogP contribution in [0, 0.1) is 23.7 Å². The van der Waals surface area contributed by atoms with Crippen LogP contribution >= 0.6 is 0 Å². The van der Waals surface area contributed by atoms with Crippen molar-refractivity contribution >= 4 is 11.9 Å². The number of rotatable bonds is 6. The molecule has 4 heteroatoms. The number of carbonyl (C=O) groups excluding carboxylic acids is 2. The van der Waals surface area contributed by atoms with Gasteiger partial charge in [-0.2, -0.15) is 0 Å².